The van der Waals surface area contributed by atoms with E-state index in [1.165, 1.54) is 11.1 Å². The highest BCUT2D eigenvalue weighted by molar-refractivity contribution is 5.86. The molecule has 1 aromatic carbocycles. The molecule has 1 amide bonds. The van der Waals surface area contributed by atoms with E-state index in [1.807, 2.05) is 12.1 Å². The molecule has 1 aromatic rings. The number of rotatable bonds is 3. The molecule has 0 saturated heterocycles. The molecule has 0 saturated carbocycles. The highest BCUT2D eigenvalue weighted by atomic mass is 16.1. The zero-order chi connectivity index (χ0) is 11.7. The van der Waals surface area contributed by atoms with Crippen LogP contribution in [0, 0.1) is 0 Å². The molecule has 0 spiro atoms. The maximum absolute atomic E-state index is 11.3. The van der Waals surface area contributed by atoms with E-state index in [9.17, 15) is 4.79 Å². The van der Waals surface area contributed by atoms with Crippen LogP contribution in [0.25, 0.3) is 6.08 Å². The SMILES string of the molecule is C=CC(C(N)=O)c1cccc2c1C=C(C)C2. The van der Waals surface area contributed by atoms with Crippen LogP contribution in [0.2, 0.25) is 0 Å². The fraction of sp³-hybridized carbons (Fsp3) is 0.214. The molecule has 2 rings (SSSR count). The smallest absolute Gasteiger partial charge is 0.228 e. The summed E-state index contributed by atoms with van der Waals surface area (Å²) >= 11 is 0. The van der Waals surface area contributed by atoms with Crippen LogP contribution in [-0.2, 0) is 11.2 Å². The van der Waals surface area contributed by atoms with Crippen molar-refractivity contribution in [3.05, 3.63) is 53.1 Å². The average molecular weight is 213 g/mol. The fourth-order valence-corrected chi connectivity index (χ4v) is 2.23. The van der Waals surface area contributed by atoms with Gasteiger partial charge in [-0.2, -0.15) is 0 Å². The Morgan fingerprint density at radius 1 is 1.56 bits per heavy atom. The molecule has 1 aliphatic rings. The van der Waals surface area contributed by atoms with E-state index in [0.29, 0.717) is 0 Å². The Morgan fingerprint density at radius 2 is 2.31 bits per heavy atom. The second-order valence-corrected chi connectivity index (χ2v) is 4.20. The maximum Gasteiger partial charge on any atom is 0.228 e. The molecular weight excluding hydrogens is 198 g/mol. The number of amides is 1. The van der Waals surface area contributed by atoms with E-state index < -0.39 is 5.92 Å². The van der Waals surface area contributed by atoms with Crippen LogP contribution >= 0.6 is 0 Å². The van der Waals surface area contributed by atoms with Gasteiger partial charge in [0, 0.05) is 0 Å². The van der Waals surface area contributed by atoms with Gasteiger partial charge in [0.25, 0.3) is 0 Å². The maximum atomic E-state index is 11.3. The van der Waals surface area contributed by atoms with E-state index in [4.69, 9.17) is 5.73 Å². The van der Waals surface area contributed by atoms with Gasteiger partial charge in [0.15, 0.2) is 0 Å². The van der Waals surface area contributed by atoms with E-state index in [-0.39, 0.29) is 5.91 Å². The molecule has 16 heavy (non-hydrogen) atoms. The van der Waals surface area contributed by atoms with Gasteiger partial charge >= 0.3 is 0 Å². The van der Waals surface area contributed by atoms with Crippen molar-refractivity contribution >= 4 is 12.0 Å². The van der Waals surface area contributed by atoms with Crippen LogP contribution in [0.15, 0.2) is 36.4 Å². The Kier molecular flexibility index (Phi) is 2.65. The predicted octanol–water partition coefficient (Wildman–Crippen LogP) is 2.40. The third kappa shape index (κ3) is 1.67. The first kappa shape index (κ1) is 10.7. The van der Waals surface area contributed by atoms with Crippen LogP contribution in [0.4, 0.5) is 0 Å². The van der Waals surface area contributed by atoms with Gasteiger partial charge in [-0.25, -0.2) is 0 Å². The van der Waals surface area contributed by atoms with E-state index in [1.54, 1.807) is 6.08 Å². The Balaban J connectivity index is 2.54. The van der Waals surface area contributed by atoms with E-state index >= 15 is 0 Å². The molecule has 0 heterocycles. The van der Waals surface area contributed by atoms with Crippen molar-refractivity contribution in [2.45, 2.75) is 19.3 Å². The second-order valence-electron chi connectivity index (χ2n) is 4.20. The third-order valence-corrected chi connectivity index (χ3v) is 2.97. The number of benzene rings is 1. The van der Waals surface area contributed by atoms with Gasteiger partial charge < -0.3 is 5.73 Å². The van der Waals surface area contributed by atoms with Crippen molar-refractivity contribution in [2.75, 3.05) is 0 Å². The molecule has 0 fully saturated rings. The lowest BCUT2D eigenvalue weighted by molar-refractivity contribution is -0.118. The standard InChI is InChI=1S/C14H15NO/c1-3-11(14(15)16)12-6-4-5-10-7-9(2)8-13(10)12/h3-6,8,11H,1,7H2,2H3,(H2,15,16). The predicted molar refractivity (Wildman–Crippen MR) is 65.9 cm³/mol. The van der Waals surface area contributed by atoms with Crippen LogP contribution < -0.4 is 5.73 Å². The summed E-state index contributed by atoms with van der Waals surface area (Å²) in [6.07, 6.45) is 4.70. The minimum atomic E-state index is -0.392. The molecule has 0 bridgehead atoms. The highest BCUT2D eigenvalue weighted by Gasteiger charge is 2.20. The minimum absolute atomic E-state index is 0.346. The molecule has 0 aliphatic heterocycles. The third-order valence-electron chi connectivity index (χ3n) is 2.97. The molecule has 1 aliphatic carbocycles. The fourth-order valence-electron chi connectivity index (χ4n) is 2.23. The van der Waals surface area contributed by atoms with Gasteiger partial charge in [0.05, 0.1) is 5.92 Å². The minimum Gasteiger partial charge on any atom is -0.369 e. The monoisotopic (exact) mass is 213 g/mol. The lowest BCUT2D eigenvalue weighted by Crippen LogP contribution is -2.20. The second kappa shape index (κ2) is 3.97. The Hall–Kier alpha value is -1.83. The first-order chi connectivity index (χ1) is 7.63. The van der Waals surface area contributed by atoms with Crippen LogP contribution in [0.5, 0.6) is 0 Å². The van der Waals surface area contributed by atoms with Gasteiger partial charge in [0.1, 0.15) is 0 Å². The molecule has 2 nitrogen and oxygen atoms in total. The number of nitrogens with two attached hydrogens (primary N) is 1. The van der Waals surface area contributed by atoms with Gasteiger partial charge in [-0.3, -0.25) is 4.79 Å². The number of carbonyl (C=O) groups is 1. The summed E-state index contributed by atoms with van der Waals surface area (Å²) in [7, 11) is 0. The number of carbonyl (C=O) groups excluding carboxylic acids is 1. The zero-order valence-electron chi connectivity index (χ0n) is 9.36. The number of primary amides is 1. The molecule has 82 valence electrons. The van der Waals surface area contributed by atoms with Crippen molar-refractivity contribution in [2.24, 2.45) is 5.73 Å². The summed E-state index contributed by atoms with van der Waals surface area (Å²) in [5.41, 5.74) is 10.1. The normalized spacial score (nSPS) is 15.2. The lowest BCUT2D eigenvalue weighted by atomic mass is 9.92. The molecule has 1 atom stereocenters. The highest BCUT2D eigenvalue weighted by Crippen LogP contribution is 2.32. The van der Waals surface area contributed by atoms with Crippen LogP contribution in [-0.4, -0.2) is 5.91 Å². The summed E-state index contributed by atoms with van der Waals surface area (Å²) in [5, 5.41) is 0. The average Bonchev–Trinajstić information content (AvgIpc) is 2.59. The summed E-state index contributed by atoms with van der Waals surface area (Å²) in [6, 6.07) is 6.01. The summed E-state index contributed by atoms with van der Waals surface area (Å²) in [4.78, 5) is 11.3. The number of fused-ring (bicyclic) bond motifs is 1. The molecule has 2 heteroatoms. The Labute approximate surface area is 95.5 Å². The van der Waals surface area contributed by atoms with Gasteiger partial charge in [-0.05, 0) is 30.0 Å². The summed E-state index contributed by atoms with van der Waals surface area (Å²) in [5.74, 6) is -0.738. The summed E-state index contributed by atoms with van der Waals surface area (Å²) < 4.78 is 0. The first-order valence-electron chi connectivity index (χ1n) is 5.34. The quantitative estimate of drug-likeness (QED) is 0.770. The molecule has 2 N–H and O–H groups in total. The van der Waals surface area contributed by atoms with Crippen molar-refractivity contribution < 1.29 is 4.79 Å². The number of allylic oxidation sites excluding steroid dienone is 1. The van der Waals surface area contributed by atoms with Crippen molar-refractivity contribution in [1.29, 1.82) is 0 Å². The van der Waals surface area contributed by atoms with Crippen molar-refractivity contribution in [3.63, 3.8) is 0 Å². The lowest BCUT2D eigenvalue weighted by Gasteiger charge is -2.12. The van der Waals surface area contributed by atoms with Crippen molar-refractivity contribution in [1.82, 2.24) is 0 Å². The Bertz CT molecular complexity index is 486. The molecule has 0 aromatic heterocycles. The molecular formula is C14H15NO. The number of hydrogen-bond acceptors (Lipinski definition) is 1. The largest absolute Gasteiger partial charge is 0.369 e. The summed E-state index contributed by atoms with van der Waals surface area (Å²) in [6.45, 7) is 5.78. The van der Waals surface area contributed by atoms with Gasteiger partial charge in [0.2, 0.25) is 5.91 Å². The first-order valence-corrected chi connectivity index (χ1v) is 5.34. The van der Waals surface area contributed by atoms with Crippen LogP contribution in [0.1, 0.15) is 29.5 Å². The van der Waals surface area contributed by atoms with E-state index in [0.717, 1.165) is 17.5 Å². The van der Waals surface area contributed by atoms with Gasteiger partial charge in [-0.15, -0.1) is 6.58 Å². The Morgan fingerprint density at radius 3 is 2.94 bits per heavy atom. The number of hydrogen-bond donors (Lipinski definition) is 1. The van der Waals surface area contributed by atoms with Gasteiger partial charge in [-0.1, -0.05) is 35.9 Å². The molecule has 1 unspecified atom stereocenters. The van der Waals surface area contributed by atoms with Crippen LogP contribution in [0.3, 0.4) is 0 Å². The topological polar surface area (TPSA) is 43.1 Å². The van der Waals surface area contributed by atoms with E-state index in [2.05, 4.69) is 25.6 Å². The molecule has 0 radical (unpaired) electrons. The van der Waals surface area contributed by atoms with Crippen molar-refractivity contribution in [3.8, 4) is 0 Å². The zero-order valence-corrected chi connectivity index (χ0v) is 9.36.